The quantitative estimate of drug-likeness (QED) is 0.549. The van der Waals surface area contributed by atoms with Crippen molar-refractivity contribution in [3.05, 3.63) is 59.7 Å². The molecule has 0 spiro atoms. The van der Waals surface area contributed by atoms with E-state index >= 15 is 0 Å². The van der Waals surface area contributed by atoms with Gasteiger partial charge in [-0.2, -0.15) is 0 Å². The van der Waals surface area contributed by atoms with Crippen LogP contribution in [-0.2, 0) is 15.0 Å². The zero-order valence-corrected chi connectivity index (χ0v) is 19.2. The Morgan fingerprint density at radius 3 is 2.06 bits per heavy atom. The summed E-state index contributed by atoms with van der Waals surface area (Å²) >= 11 is 0. The summed E-state index contributed by atoms with van der Waals surface area (Å²) < 4.78 is 11.1. The highest BCUT2D eigenvalue weighted by atomic mass is 16.5. The van der Waals surface area contributed by atoms with E-state index < -0.39 is 11.8 Å². The summed E-state index contributed by atoms with van der Waals surface area (Å²) in [5, 5.41) is 0. The van der Waals surface area contributed by atoms with Crippen molar-refractivity contribution in [2.45, 2.75) is 58.8 Å². The summed E-state index contributed by atoms with van der Waals surface area (Å²) in [6, 6.07) is 15.4. The number of carbonyl (C=O) groups excluding carboxylic acids is 2. The molecule has 0 aromatic heterocycles. The molecule has 1 atom stereocenters. The van der Waals surface area contributed by atoms with Crippen molar-refractivity contribution >= 4 is 11.8 Å². The molecule has 2 rings (SSSR count). The average molecular weight is 427 g/mol. The molecule has 1 unspecified atom stereocenters. The van der Waals surface area contributed by atoms with Crippen LogP contribution in [0.5, 0.6) is 11.5 Å². The SMILES string of the molecule is CCC(C)c1ccccc1OCC(=O)NNC(=O)COc1ccc(C(C)(C)CC)cc1. The second-order valence-electron chi connectivity index (χ2n) is 8.28. The standard InChI is InChI=1S/C25H34N2O4/c1-6-18(3)21-10-8-9-11-22(21)31-17-24(29)27-26-23(28)16-30-20-14-12-19(13-15-20)25(4,5)7-2/h8-15,18H,6-7,16-17H2,1-5H3,(H,26,28)(H,27,29). The van der Waals surface area contributed by atoms with Crippen LogP contribution < -0.4 is 20.3 Å². The van der Waals surface area contributed by atoms with Gasteiger partial charge in [-0.15, -0.1) is 0 Å². The van der Waals surface area contributed by atoms with Crippen LogP contribution in [0, 0.1) is 0 Å². The fourth-order valence-electron chi connectivity index (χ4n) is 2.95. The summed E-state index contributed by atoms with van der Waals surface area (Å²) in [6.07, 6.45) is 2.00. The van der Waals surface area contributed by atoms with Crippen molar-refractivity contribution in [1.82, 2.24) is 10.9 Å². The highest BCUT2D eigenvalue weighted by Gasteiger charge is 2.17. The van der Waals surface area contributed by atoms with Gasteiger partial charge >= 0.3 is 0 Å². The van der Waals surface area contributed by atoms with Crippen LogP contribution in [0.3, 0.4) is 0 Å². The van der Waals surface area contributed by atoms with Gasteiger partial charge in [-0.25, -0.2) is 0 Å². The second-order valence-corrected chi connectivity index (χ2v) is 8.28. The molecule has 0 aliphatic carbocycles. The predicted octanol–water partition coefficient (Wildman–Crippen LogP) is 4.49. The van der Waals surface area contributed by atoms with Gasteiger partial charge < -0.3 is 9.47 Å². The van der Waals surface area contributed by atoms with Crippen LogP contribution in [0.4, 0.5) is 0 Å². The lowest BCUT2D eigenvalue weighted by molar-refractivity contribution is -0.131. The summed E-state index contributed by atoms with van der Waals surface area (Å²) in [4.78, 5) is 24.0. The number of hydrazine groups is 1. The fourth-order valence-corrected chi connectivity index (χ4v) is 2.95. The Balaban J connectivity index is 1.75. The predicted molar refractivity (Wildman–Crippen MR) is 122 cm³/mol. The molecular formula is C25H34N2O4. The number of benzene rings is 2. The maximum Gasteiger partial charge on any atom is 0.276 e. The molecule has 31 heavy (non-hydrogen) atoms. The molecule has 6 heteroatoms. The molecule has 2 N–H and O–H groups in total. The van der Waals surface area contributed by atoms with E-state index in [1.807, 2.05) is 48.5 Å². The number of rotatable bonds is 10. The molecule has 2 aromatic carbocycles. The van der Waals surface area contributed by atoms with Crippen molar-refractivity contribution in [3.8, 4) is 11.5 Å². The van der Waals surface area contributed by atoms with Gasteiger partial charge in [0.25, 0.3) is 11.8 Å². The maximum atomic E-state index is 12.0. The van der Waals surface area contributed by atoms with Gasteiger partial charge in [-0.1, -0.05) is 65.0 Å². The first-order valence-corrected chi connectivity index (χ1v) is 10.8. The van der Waals surface area contributed by atoms with Crippen LogP contribution in [0.25, 0.3) is 0 Å². The van der Waals surface area contributed by atoms with E-state index in [1.165, 1.54) is 5.56 Å². The summed E-state index contributed by atoms with van der Waals surface area (Å²) in [6.45, 7) is 10.3. The van der Waals surface area contributed by atoms with Crippen molar-refractivity contribution in [3.63, 3.8) is 0 Å². The molecular weight excluding hydrogens is 392 g/mol. The van der Waals surface area contributed by atoms with Gasteiger partial charge in [0.15, 0.2) is 13.2 Å². The van der Waals surface area contributed by atoms with Gasteiger partial charge in [-0.3, -0.25) is 20.4 Å². The van der Waals surface area contributed by atoms with Crippen molar-refractivity contribution in [1.29, 1.82) is 0 Å². The molecule has 0 saturated carbocycles. The third-order valence-electron chi connectivity index (χ3n) is 5.65. The first kappa shape index (κ1) is 24.3. The van der Waals surface area contributed by atoms with Gasteiger partial charge in [-0.05, 0) is 53.5 Å². The summed E-state index contributed by atoms with van der Waals surface area (Å²) in [5.41, 5.74) is 7.05. The third-order valence-corrected chi connectivity index (χ3v) is 5.65. The van der Waals surface area contributed by atoms with Crippen molar-refractivity contribution in [2.75, 3.05) is 13.2 Å². The van der Waals surface area contributed by atoms with E-state index in [2.05, 4.69) is 45.5 Å². The average Bonchev–Trinajstić information content (AvgIpc) is 2.79. The summed E-state index contributed by atoms with van der Waals surface area (Å²) in [5.74, 6) is 0.710. The smallest absolute Gasteiger partial charge is 0.276 e. The molecule has 0 fully saturated rings. The number of carbonyl (C=O) groups is 2. The Labute approximate surface area is 185 Å². The number of nitrogens with one attached hydrogen (secondary N) is 2. The highest BCUT2D eigenvalue weighted by Crippen LogP contribution is 2.29. The first-order chi connectivity index (χ1) is 14.8. The fraction of sp³-hybridized carbons (Fsp3) is 0.440. The zero-order chi connectivity index (χ0) is 22.9. The number of hydrogen-bond acceptors (Lipinski definition) is 4. The summed E-state index contributed by atoms with van der Waals surface area (Å²) in [7, 11) is 0. The van der Waals surface area contributed by atoms with E-state index in [0.29, 0.717) is 17.4 Å². The Morgan fingerprint density at radius 2 is 1.48 bits per heavy atom. The van der Waals surface area contributed by atoms with Crippen LogP contribution in [0.1, 0.15) is 64.5 Å². The minimum Gasteiger partial charge on any atom is -0.484 e. The monoisotopic (exact) mass is 426 g/mol. The van der Waals surface area contributed by atoms with Crippen molar-refractivity contribution < 1.29 is 19.1 Å². The Bertz CT molecular complexity index is 862. The lowest BCUT2D eigenvalue weighted by Gasteiger charge is -2.23. The van der Waals surface area contributed by atoms with E-state index in [9.17, 15) is 9.59 Å². The first-order valence-electron chi connectivity index (χ1n) is 10.8. The van der Waals surface area contributed by atoms with Gasteiger partial charge in [0.1, 0.15) is 11.5 Å². The Hall–Kier alpha value is -3.02. The van der Waals surface area contributed by atoms with Crippen molar-refractivity contribution in [2.24, 2.45) is 0 Å². The molecule has 2 aromatic rings. The van der Waals surface area contributed by atoms with E-state index in [1.54, 1.807) is 0 Å². The van der Waals surface area contributed by atoms with Gasteiger partial charge in [0.2, 0.25) is 0 Å². The number of hydrogen-bond donors (Lipinski definition) is 2. The van der Waals surface area contributed by atoms with Crippen LogP contribution in [0.2, 0.25) is 0 Å². The van der Waals surface area contributed by atoms with Gasteiger partial charge in [0.05, 0.1) is 0 Å². The molecule has 0 heterocycles. The Kier molecular flexibility index (Phi) is 8.91. The van der Waals surface area contributed by atoms with E-state index in [0.717, 1.165) is 18.4 Å². The molecule has 6 nitrogen and oxygen atoms in total. The normalized spacial score (nSPS) is 12.0. The lowest BCUT2D eigenvalue weighted by atomic mass is 9.82. The minimum absolute atomic E-state index is 0.0946. The lowest BCUT2D eigenvalue weighted by Crippen LogP contribution is -2.45. The molecule has 0 aliphatic heterocycles. The van der Waals surface area contributed by atoms with Crippen LogP contribution in [0.15, 0.2) is 48.5 Å². The number of amides is 2. The maximum absolute atomic E-state index is 12.0. The number of ether oxygens (including phenoxy) is 2. The van der Waals surface area contributed by atoms with Crippen LogP contribution in [-0.4, -0.2) is 25.0 Å². The van der Waals surface area contributed by atoms with E-state index in [-0.39, 0.29) is 18.6 Å². The third kappa shape index (κ3) is 7.31. The number of para-hydroxylation sites is 1. The largest absolute Gasteiger partial charge is 0.484 e. The molecule has 0 bridgehead atoms. The molecule has 0 aliphatic rings. The Morgan fingerprint density at radius 1 is 0.903 bits per heavy atom. The minimum atomic E-state index is -0.452. The molecule has 0 radical (unpaired) electrons. The molecule has 168 valence electrons. The second kappa shape index (κ2) is 11.4. The molecule has 0 saturated heterocycles. The zero-order valence-electron chi connectivity index (χ0n) is 19.2. The van der Waals surface area contributed by atoms with Crippen LogP contribution >= 0.6 is 0 Å². The van der Waals surface area contributed by atoms with E-state index in [4.69, 9.17) is 9.47 Å². The van der Waals surface area contributed by atoms with Gasteiger partial charge in [0, 0.05) is 0 Å². The highest BCUT2D eigenvalue weighted by molar-refractivity contribution is 5.83. The molecule has 2 amide bonds. The topological polar surface area (TPSA) is 76.7 Å².